The van der Waals surface area contributed by atoms with Crippen molar-refractivity contribution in [2.75, 3.05) is 39.3 Å². The number of hydrogen-bond acceptors (Lipinski definition) is 5. The highest BCUT2D eigenvalue weighted by atomic mass is 35.5. The Labute approximate surface area is 247 Å². The maximum atomic E-state index is 13.2. The van der Waals surface area contributed by atoms with E-state index in [4.69, 9.17) is 16.6 Å². The summed E-state index contributed by atoms with van der Waals surface area (Å²) >= 11 is 7.75. The molecule has 1 aliphatic heterocycles. The number of thiazole rings is 1. The van der Waals surface area contributed by atoms with Gasteiger partial charge in [0.25, 0.3) is 5.91 Å². The van der Waals surface area contributed by atoms with Gasteiger partial charge in [0.2, 0.25) is 0 Å². The van der Waals surface area contributed by atoms with E-state index in [2.05, 4.69) is 89.5 Å². The second-order valence-electron chi connectivity index (χ2n) is 10.4. The Morgan fingerprint density at radius 2 is 1.52 bits per heavy atom. The van der Waals surface area contributed by atoms with Crippen LogP contribution in [0.1, 0.15) is 51.4 Å². The number of rotatable bonds is 11. The Morgan fingerprint density at radius 3 is 2.12 bits per heavy atom. The molecule has 3 aromatic carbocycles. The van der Waals surface area contributed by atoms with Crippen LogP contribution >= 0.6 is 22.9 Å². The van der Waals surface area contributed by atoms with Crippen LogP contribution in [0, 0.1) is 0 Å². The molecule has 1 aliphatic rings. The predicted octanol–water partition coefficient (Wildman–Crippen LogP) is 6.80. The van der Waals surface area contributed by atoms with Crippen LogP contribution < -0.4 is 0 Å². The lowest BCUT2D eigenvalue weighted by molar-refractivity contribution is 0.0638. The Morgan fingerprint density at radius 1 is 0.900 bits per heavy atom. The van der Waals surface area contributed by atoms with Crippen molar-refractivity contribution in [2.24, 2.45) is 0 Å². The first-order chi connectivity index (χ1) is 19.6. The minimum Gasteiger partial charge on any atom is -0.335 e. The fourth-order valence-electron chi connectivity index (χ4n) is 5.37. The molecule has 7 heteroatoms. The average molecular weight is 573 g/mol. The highest BCUT2D eigenvalue weighted by molar-refractivity contribution is 7.09. The van der Waals surface area contributed by atoms with E-state index < -0.39 is 0 Å². The molecule has 1 amide bonds. The first kappa shape index (κ1) is 28.5. The fourth-order valence-corrected chi connectivity index (χ4v) is 6.31. The van der Waals surface area contributed by atoms with Crippen LogP contribution in [-0.2, 0) is 13.1 Å². The molecule has 0 saturated carbocycles. The molecular weight excluding hydrogens is 536 g/mol. The maximum absolute atomic E-state index is 13.2. The van der Waals surface area contributed by atoms with Gasteiger partial charge in [-0.25, -0.2) is 4.98 Å². The first-order valence-corrected chi connectivity index (χ1v) is 15.4. The minimum absolute atomic E-state index is 0.0516. The molecule has 208 valence electrons. The van der Waals surface area contributed by atoms with Crippen molar-refractivity contribution in [3.8, 4) is 0 Å². The number of halogens is 1. The normalized spacial score (nSPS) is 14.2. The van der Waals surface area contributed by atoms with Crippen LogP contribution in [-0.4, -0.2) is 64.9 Å². The monoisotopic (exact) mass is 572 g/mol. The Balaban J connectivity index is 1.31. The predicted molar refractivity (Wildman–Crippen MR) is 165 cm³/mol. The fraction of sp³-hybridized carbons (Fsp3) is 0.333. The highest BCUT2D eigenvalue weighted by Crippen LogP contribution is 2.29. The van der Waals surface area contributed by atoms with Crippen molar-refractivity contribution in [3.63, 3.8) is 0 Å². The van der Waals surface area contributed by atoms with Crippen molar-refractivity contribution in [3.05, 3.63) is 123 Å². The zero-order valence-corrected chi connectivity index (χ0v) is 24.7. The van der Waals surface area contributed by atoms with Gasteiger partial charge in [0.05, 0.1) is 6.54 Å². The van der Waals surface area contributed by atoms with Crippen molar-refractivity contribution in [1.29, 1.82) is 0 Å². The molecule has 1 fully saturated rings. The molecule has 0 bridgehead atoms. The molecule has 0 unspecified atom stereocenters. The van der Waals surface area contributed by atoms with Gasteiger partial charge < -0.3 is 9.80 Å². The maximum Gasteiger partial charge on any atom is 0.273 e. The van der Waals surface area contributed by atoms with Crippen molar-refractivity contribution in [2.45, 2.75) is 32.4 Å². The van der Waals surface area contributed by atoms with E-state index in [1.807, 2.05) is 22.4 Å². The van der Waals surface area contributed by atoms with Gasteiger partial charge in [-0.1, -0.05) is 91.3 Å². The van der Waals surface area contributed by atoms with Gasteiger partial charge >= 0.3 is 0 Å². The van der Waals surface area contributed by atoms with Crippen LogP contribution in [0.3, 0.4) is 0 Å². The summed E-state index contributed by atoms with van der Waals surface area (Å²) in [6.45, 7) is 8.96. The Kier molecular flexibility index (Phi) is 10.0. The summed E-state index contributed by atoms with van der Waals surface area (Å²) in [5.41, 5.74) is 4.43. The summed E-state index contributed by atoms with van der Waals surface area (Å²) in [6, 6.07) is 29.6. The molecule has 0 atom stereocenters. The van der Waals surface area contributed by atoms with Crippen LogP contribution in [0.5, 0.6) is 0 Å². The van der Waals surface area contributed by atoms with Gasteiger partial charge in [-0.2, -0.15) is 0 Å². The van der Waals surface area contributed by atoms with E-state index in [0.717, 1.165) is 62.3 Å². The first-order valence-electron chi connectivity index (χ1n) is 14.1. The average Bonchev–Trinajstić information content (AvgIpc) is 3.47. The molecule has 1 saturated heterocycles. The van der Waals surface area contributed by atoms with E-state index in [9.17, 15) is 4.79 Å². The largest absolute Gasteiger partial charge is 0.335 e. The molecule has 2 heterocycles. The number of piperazine rings is 1. The SMILES string of the molecule is CCN1CCN(C(=O)c2csc(CN(CCC(c3ccccc3)c3ccccc3)Cc3ccc(Cl)cc3)n2)CC1. The number of benzene rings is 3. The Bertz CT molecular complexity index is 1300. The number of aromatic nitrogens is 1. The minimum atomic E-state index is 0.0516. The molecule has 40 heavy (non-hydrogen) atoms. The molecular formula is C33H37ClN4OS. The van der Waals surface area contributed by atoms with E-state index in [0.29, 0.717) is 18.2 Å². The van der Waals surface area contributed by atoms with Crippen molar-refractivity contribution in [1.82, 2.24) is 19.7 Å². The molecule has 5 nitrogen and oxygen atoms in total. The van der Waals surface area contributed by atoms with Crippen molar-refractivity contribution >= 4 is 28.8 Å². The van der Waals surface area contributed by atoms with Crippen molar-refractivity contribution < 1.29 is 4.79 Å². The van der Waals surface area contributed by atoms with Gasteiger partial charge in [0, 0.05) is 49.0 Å². The van der Waals surface area contributed by atoms with E-state index in [1.165, 1.54) is 16.7 Å². The summed E-state index contributed by atoms with van der Waals surface area (Å²) in [6.07, 6.45) is 0.973. The highest BCUT2D eigenvalue weighted by Gasteiger charge is 2.24. The molecule has 0 aliphatic carbocycles. The zero-order chi connectivity index (χ0) is 27.7. The number of nitrogens with zero attached hydrogens (tertiary/aromatic N) is 4. The molecule has 5 rings (SSSR count). The number of carbonyl (C=O) groups is 1. The second kappa shape index (κ2) is 14.0. The summed E-state index contributed by atoms with van der Waals surface area (Å²) in [4.78, 5) is 24.7. The van der Waals surface area contributed by atoms with E-state index in [1.54, 1.807) is 11.3 Å². The third-order valence-corrected chi connectivity index (χ3v) is 8.78. The Hall–Kier alpha value is -3.03. The lowest BCUT2D eigenvalue weighted by Gasteiger charge is -2.33. The van der Waals surface area contributed by atoms with Crippen LogP contribution in [0.4, 0.5) is 0 Å². The summed E-state index contributed by atoms with van der Waals surface area (Å²) in [5.74, 6) is 0.348. The summed E-state index contributed by atoms with van der Waals surface area (Å²) in [5, 5.41) is 3.65. The number of amides is 1. The second-order valence-corrected chi connectivity index (χ2v) is 11.7. The van der Waals surface area contributed by atoms with E-state index in [-0.39, 0.29) is 5.91 Å². The van der Waals surface area contributed by atoms with Gasteiger partial charge in [-0.05, 0) is 48.3 Å². The summed E-state index contributed by atoms with van der Waals surface area (Å²) in [7, 11) is 0. The third-order valence-electron chi connectivity index (χ3n) is 7.69. The van der Waals surface area contributed by atoms with E-state index >= 15 is 0 Å². The smallest absolute Gasteiger partial charge is 0.273 e. The van der Waals surface area contributed by atoms with Gasteiger partial charge in [0.1, 0.15) is 10.7 Å². The summed E-state index contributed by atoms with van der Waals surface area (Å²) < 4.78 is 0. The standard InChI is InChI=1S/C33H37ClN4OS/c1-2-36-19-21-38(22-20-36)33(39)31-25-40-32(35-31)24-37(23-26-13-15-29(34)16-14-26)18-17-30(27-9-5-3-6-10-27)28-11-7-4-8-12-28/h3-16,25,30H,2,17-24H2,1H3. The third kappa shape index (κ3) is 7.58. The zero-order valence-electron chi connectivity index (χ0n) is 23.1. The molecule has 0 N–H and O–H groups in total. The van der Waals surface area contributed by atoms with Gasteiger partial charge in [-0.3, -0.25) is 9.69 Å². The van der Waals surface area contributed by atoms with Gasteiger partial charge in [-0.15, -0.1) is 11.3 Å². The van der Waals surface area contributed by atoms with Crippen LogP contribution in [0.2, 0.25) is 5.02 Å². The number of hydrogen-bond donors (Lipinski definition) is 0. The quantitative estimate of drug-likeness (QED) is 0.198. The number of carbonyl (C=O) groups excluding carboxylic acids is 1. The van der Waals surface area contributed by atoms with Crippen LogP contribution in [0.15, 0.2) is 90.3 Å². The van der Waals surface area contributed by atoms with Crippen LogP contribution in [0.25, 0.3) is 0 Å². The topological polar surface area (TPSA) is 39.7 Å². The molecule has 4 aromatic rings. The lowest BCUT2D eigenvalue weighted by atomic mass is 9.88. The van der Waals surface area contributed by atoms with Gasteiger partial charge in [0.15, 0.2) is 0 Å². The molecule has 1 aromatic heterocycles. The number of likely N-dealkylation sites (N-methyl/N-ethyl adjacent to an activating group) is 1. The molecule has 0 spiro atoms. The lowest BCUT2D eigenvalue weighted by Crippen LogP contribution is -2.48. The molecule has 0 radical (unpaired) electrons.